The first-order chi connectivity index (χ1) is 18.6. The fraction of sp³-hybridized carbons (Fsp3) is 0.276. The minimum absolute atomic E-state index is 0.0292. The number of amides is 1. The number of anilines is 3. The molecule has 194 valence electrons. The minimum atomic E-state index is -0.321. The molecule has 2 saturated heterocycles. The van der Waals surface area contributed by atoms with Crippen LogP contribution in [0.3, 0.4) is 0 Å². The number of methoxy groups -OCH3 is 1. The van der Waals surface area contributed by atoms with Gasteiger partial charge in [0.15, 0.2) is 0 Å². The van der Waals surface area contributed by atoms with Gasteiger partial charge < -0.3 is 24.6 Å². The number of benzene rings is 3. The Bertz CT molecular complexity index is 1530. The maximum absolute atomic E-state index is 13.3. The van der Waals surface area contributed by atoms with E-state index in [0.29, 0.717) is 37.3 Å². The Morgan fingerprint density at radius 2 is 1.74 bits per heavy atom. The van der Waals surface area contributed by atoms with E-state index in [1.807, 2.05) is 60.7 Å². The van der Waals surface area contributed by atoms with Crippen molar-refractivity contribution in [1.29, 1.82) is 0 Å². The molecule has 0 radical (unpaired) electrons. The summed E-state index contributed by atoms with van der Waals surface area (Å²) >= 11 is 0. The van der Waals surface area contributed by atoms with E-state index < -0.39 is 0 Å². The number of H-pyrrole nitrogens is 1. The minimum Gasteiger partial charge on any atom is -0.495 e. The van der Waals surface area contributed by atoms with Gasteiger partial charge in [-0.15, -0.1) is 0 Å². The lowest BCUT2D eigenvalue weighted by Gasteiger charge is -2.30. The first-order valence-corrected chi connectivity index (χ1v) is 12.8. The van der Waals surface area contributed by atoms with Gasteiger partial charge in [-0.3, -0.25) is 9.59 Å². The Morgan fingerprint density at radius 3 is 2.50 bits per heavy atom. The molecular weight excluding hydrogens is 482 g/mol. The highest BCUT2D eigenvalue weighted by Gasteiger charge is 2.32. The van der Waals surface area contributed by atoms with Gasteiger partial charge >= 0.3 is 0 Å². The lowest BCUT2D eigenvalue weighted by molar-refractivity contribution is -0.117. The van der Waals surface area contributed by atoms with Crippen LogP contribution in [0, 0.1) is 0 Å². The van der Waals surface area contributed by atoms with Crippen molar-refractivity contribution in [2.45, 2.75) is 12.5 Å². The highest BCUT2D eigenvalue weighted by atomic mass is 16.5. The van der Waals surface area contributed by atoms with Gasteiger partial charge in [-0.05, 0) is 36.8 Å². The quantitative estimate of drug-likeness (QED) is 0.408. The molecule has 9 heteroatoms. The Labute approximate surface area is 220 Å². The number of rotatable bonds is 6. The molecule has 1 aromatic heterocycles. The SMILES string of the molecule is COc1cc(NC2CCN(c3ccc(-c4n[nH]c(=O)c5ccccc45)cc3)C2=O)ccc1N1CCOCC1. The zero-order valence-electron chi connectivity index (χ0n) is 21.1. The number of carbonyl (C=O) groups excluding carboxylic acids is 1. The summed E-state index contributed by atoms with van der Waals surface area (Å²) in [5.41, 5.74) is 4.08. The van der Waals surface area contributed by atoms with Crippen molar-refractivity contribution in [2.24, 2.45) is 0 Å². The second kappa shape index (κ2) is 10.2. The van der Waals surface area contributed by atoms with Gasteiger partial charge in [0.1, 0.15) is 11.8 Å². The van der Waals surface area contributed by atoms with Crippen LogP contribution in [0.5, 0.6) is 5.75 Å². The number of morpholine rings is 1. The van der Waals surface area contributed by atoms with E-state index in [0.717, 1.165) is 46.9 Å². The molecule has 2 aliphatic heterocycles. The van der Waals surface area contributed by atoms with Gasteiger partial charge in [-0.2, -0.15) is 5.10 Å². The van der Waals surface area contributed by atoms with Crippen molar-refractivity contribution < 1.29 is 14.3 Å². The first kappa shape index (κ1) is 24.0. The van der Waals surface area contributed by atoms with E-state index in [1.54, 1.807) is 18.1 Å². The normalized spacial score (nSPS) is 17.7. The average Bonchev–Trinajstić information content (AvgIpc) is 3.33. The van der Waals surface area contributed by atoms with Gasteiger partial charge in [0.05, 0.1) is 37.1 Å². The predicted molar refractivity (Wildman–Crippen MR) is 148 cm³/mol. The van der Waals surface area contributed by atoms with Crippen LogP contribution in [0.2, 0.25) is 0 Å². The van der Waals surface area contributed by atoms with Crippen molar-refractivity contribution in [2.75, 3.05) is 55.1 Å². The summed E-state index contributed by atoms with van der Waals surface area (Å²) in [6.07, 6.45) is 0.695. The highest BCUT2D eigenvalue weighted by molar-refractivity contribution is 6.01. The maximum Gasteiger partial charge on any atom is 0.272 e. The van der Waals surface area contributed by atoms with Gasteiger partial charge in [0.2, 0.25) is 5.91 Å². The summed E-state index contributed by atoms with van der Waals surface area (Å²) < 4.78 is 11.1. The summed E-state index contributed by atoms with van der Waals surface area (Å²) in [4.78, 5) is 29.5. The highest BCUT2D eigenvalue weighted by Crippen LogP contribution is 2.33. The number of nitrogens with one attached hydrogen (secondary N) is 2. The van der Waals surface area contributed by atoms with Crippen LogP contribution in [0.4, 0.5) is 17.1 Å². The average molecular weight is 512 g/mol. The number of hydrogen-bond donors (Lipinski definition) is 2. The number of hydrogen-bond acceptors (Lipinski definition) is 7. The lowest BCUT2D eigenvalue weighted by atomic mass is 10.0. The van der Waals surface area contributed by atoms with E-state index in [-0.39, 0.29) is 17.5 Å². The molecule has 9 nitrogen and oxygen atoms in total. The van der Waals surface area contributed by atoms with E-state index in [4.69, 9.17) is 9.47 Å². The Balaban J connectivity index is 1.17. The monoisotopic (exact) mass is 511 g/mol. The number of aromatic amines is 1. The molecule has 2 N–H and O–H groups in total. The number of fused-ring (bicyclic) bond motifs is 1. The molecular formula is C29H29N5O4. The van der Waals surface area contributed by atoms with Gasteiger partial charge in [0, 0.05) is 48.0 Å². The largest absolute Gasteiger partial charge is 0.495 e. The molecule has 38 heavy (non-hydrogen) atoms. The predicted octanol–water partition coefficient (Wildman–Crippen LogP) is 3.65. The van der Waals surface area contributed by atoms with Crippen molar-refractivity contribution in [1.82, 2.24) is 10.2 Å². The number of nitrogens with zero attached hydrogens (tertiary/aromatic N) is 3. The molecule has 0 bridgehead atoms. The van der Waals surface area contributed by atoms with Crippen LogP contribution in [-0.2, 0) is 9.53 Å². The van der Waals surface area contributed by atoms with Crippen LogP contribution < -0.4 is 25.4 Å². The van der Waals surface area contributed by atoms with Gasteiger partial charge in [0.25, 0.3) is 5.56 Å². The van der Waals surface area contributed by atoms with Crippen LogP contribution in [-0.4, -0.2) is 62.1 Å². The molecule has 2 fully saturated rings. The fourth-order valence-electron chi connectivity index (χ4n) is 5.24. The number of ether oxygens (including phenoxy) is 2. The van der Waals surface area contributed by atoms with Crippen molar-refractivity contribution >= 4 is 33.7 Å². The molecule has 6 rings (SSSR count). The fourth-order valence-corrected chi connectivity index (χ4v) is 5.24. The van der Waals surface area contributed by atoms with E-state index in [1.165, 1.54) is 0 Å². The summed E-state index contributed by atoms with van der Waals surface area (Å²) in [5.74, 6) is 0.805. The molecule has 0 saturated carbocycles. The van der Waals surface area contributed by atoms with Crippen LogP contribution in [0.15, 0.2) is 71.5 Å². The molecule has 1 atom stereocenters. The Morgan fingerprint density at radius 1 is 0.974 bits per heavy atom. The smallest absolute Gasteiger partial charge is 0.272 e. The zero-order valence-corrected chi connectivity index (χ0v) is 21.1. The number of carbonyl (C=O) groups is 1. The molecule has 4 aromatic rings. The van der Waals surface area contributed by atoms with Crippen LogP contribution in [0.25, 0.3) is 22.0 Å². The third kappa shape index (κ3) is 4.45. The Kier molecular flexibility index (Phi) is 6.43. The summed E-state index contributed by atoms with van der Waals surface area (Å²) in [7, 11) is 1.67. The molecule has 3 heterocycles. The van der Waals surface area contributed by atoms with Crippen molar-refractivity contribution in [3.05, 3.63) is 77.1 Å². The van der Waals surface area contributed by atoms with Crippen molar-refractivity contribution in [3.63, 3.8) is 0 Å². The first-order valence-electron chi connectivity index (χ1n) is 12.8. The molecule has 1 unspecified atom stereocenters. The second-order valence-corrected chi connectivity index (χ2v) is 9.46. The third-order valence-corrected chi connectivity index (χ3v) is 7.23. The molecule has 3 aromatic carbocycles. The lowest BCUT2D eigenvalue weighted by Crippen LogP contribution is -2.36. The topological polar surface area (TPSA) is 99.8 Å². The molecule has 0 spiro atoms. The Hall–Kier alpha value is -4.37. The second-order valence-electron chi connectivity index (χ2n) is 9.46. The molecule has 1 amide bonds. The number of aromatic nitrogens is 2. The van der Waals surface area contributed by atoms with E-state index in [2.05, 4.69) is 20.4 Å². The zero-order chi connectivity index (χ0) is 26.1. The van der Waals surface area contributed by atoms with Gasteiger partial charge in [-0.1, -0.05) is 30.3 Å². The summed E-state index contributed by atoms with van der Waals surface area (Å²) in [5, 5.41) is 11.7. The maximum atomic E-state index is 13.3. The van der Waals surface area contributed by atoms with Crippen LogP contribution in [0.1, 0.15) is 6.42 Å². The third-order valence-electron chi connectivity index (χ3n) is 7.23. The summed E-state index contributed by atoms with van der Waals surface area (Å²) in [6.45, 7) is 3.68. The summed E-state index contributed by atoms with van der Waals surface area (Å²) in [6, 6.07) is 20.8. The van der Waals surface area contributed by atoms with Crippen molar-refractivity contribution in [3.8, 4) is 17.0 Å². The molecule has 2 aliphatic rings. The van der Waals surface area contributed by atoms with E-state index >= 15 is 0 Å². The molecule has 0 aliphatic carbocycles. The van der Waals surface area contributed by atoms with Gasteiger partial charge in [-0.25, -0.2) is 5.10 Å². The standard InChI is InChI=1S/C29H29N5O4/c1-37-26-18-20(8-11-25(26)33-14-16-38-17-15-33)30-24-12-13-34(29(24)36)21-9-6-19(7-10-21)27-22-4-2-3-5-23(22)28(35)32-31-27/h2-11,18,24,30H,12-17H2,1H3,(H,32,35). The van der Waals surface area contributed by atoms with E-state index in [9.17, 15) is 9.59 Å². The van der Waals surface area contributed by atoms with Crippen LogP contribution >= 0.6 is 0 Å².